The molecule has 7 nitrogen and oxygen atoms in total. The number of nitrogens with two attached hydrogens (primary N) is 1. The standard InChI is InChI=1S/C17H27N3O4S.ClH/c1-13-7-8-14(19-17(21)15(18)12-24-2)11-16(13)25(22,23)20-9-5-3-4-6-10-20;/h7-8,11,15H,3-6,9-10,12,18H2,1-2H3,(H,19,21);1H. The molecular weight excluding hydrogens is 378 g/mol. The van der Waals surface area contributed by atoms with E-state index in [1.165, 1.54) is 13.2 Å². The van der Waals surface area contributed by atoms with E-state index in [-0.39, 0.29) is 23.9 Å². The van der Waals surface area contributed by atoms with E-state index in [4.69, 9.17) is 10.5 Å². The fraction of sp³-hybridized carbons (Fsp3) is 0.588. The second-order valence-electron chi connectivity index (χ2n) is 6.35. The number of hydrogen-bond donors (Lipinski definition) is 2. The van der Waals surface area contributed by atoms with Crippen LogP contribution in [0.4, 0.5) is 5.69 Å². The minimum atomic E-state index is -3.58. The van der Waals surface area contributed by atoms with Crippen LogP contribution in [0.25, 0.3) is 0 Å². The first kappa shape index (κ1) is 22.9. The predicted molar refractivity (Wildman–Crippen MR) is 104 cm³/mol. The summed E-state index contributed by atoms with van der Waals surface area (Å²) in [4.78, 5) is 12.2. The van der Waals surface area contributed by atoms with Gasteiger partial charge in [0.05, 0.1) is 11.5 Å². The van der Waals surface area contributed by atoms with Gasteiger partial charge in [-0.15, -0.1) is 12.4 Å². The molecule has 9 heteroatoms. The number of carbonyl (C=O) groups excluding carboxylic acids is 1. The molecule has 0 aromatic heterocycles. The Kier molecular flexibility index (Phi) is 8.99. The van der Waals surface area contributed by atoms with E-state index in [2.05, 4.69) is 5.32 Å². The summed E-state index contributed by atoms with van der Waals surface area (Å²) in [5.74, 6) is -0.413. The highest BCUT2D eigenvalue weighted by atomic mass is 35.5. The van der Waals surface area contributed by atoms with Crippen molar-refractivity contribution in [2.75, 3.05) is 32.1 Å². The molecule has 148 valence electrons. The summed E-state index contributed by atoms with van der Waals surface area (Å²) >= 11 is 0. The van der Waals surface area contributed by atoms with Crippen molar-refractivity contribution in [1.29, 1.82) is 0 Å². The van der Waals surface area contributed by atoms with Crippen LogP contribution in [0.3, 0.4) is 0 Å². The van der Waals surface area contributed by atoms with Gasteiger partial charge in [-0.2, -0.15) is 4.31 Å². The molecule has 0 radical (unpaired) electrons. The first-order chi connectivity index (χ1) is 11.9. The zero-order valence-corrected chi connectivity index (χ0v) is 16.9. The molecule has 0 aliphatic carbocycles. The van der Waals surface area contributed by atoms with E-state index >= 15 is 0 Å². The van der Waals surface area contributed by atoms with Crippen LogP contribution < -0.4 is 11.1 Å². The molecule has 1 aliphatic heterocycles. The van der Waals surface area contributed by atoms with E-state index in [9.17, 15) is 13.2 Å². The first-order valence-electron chi connectivity index (χ1n) is 8.52. The quantitative estimate of drug-likeness (QED) is 0.752. The number of nitrogens with zero attached hydrogens (tertiary/aromatic N) is 1. The lowest BCUT2D eigenvalue weighted by Crippen LogP contribution is -2.39. The molecule has 0 bridgehead atoms. The number of methoxy groups -OCH3 is 1. The minimum Gasteiger partial charge on any atom is -0.383 e. The van der Waals surface area contributed by atoms with Crippen molar-refractivity contribution < 1.29 is 17.9 Å². The van der Waals surface area contributed by atoms with E-state index in [1.54, 1.807) is 23.4 Å². The zero-order chi connectivity index (χ0) is 18.4. The van der Waals surface area contributed by atoms with Crippen LogP contribution in [-0.2, 0) is 19.6 Å². The average molecular weight is 406 g/mol. The van der Waals surface area contributed by atoms with E-state index in [1.807, 2.05) is 0 Å². The molecular formula is C17H28ClN3O4S. The Hall–Kier alpha value is -1.19. The fourth-order valence-electron chi connectivity index (χ4n) is 2.87. The van der Waals surface area contributed by atoms with Gasteiger partial charge in [0.1, 0.15) is 6.04 Å². The number of anilines is 1. The van der Waals surface area contributed by atoms with Gasteiger partial charge < -0.3 is 15.8 Å². The van der Waals surface area contributed by atoms with Crippen molar-refractivity contribution in [3.8, 4) is 0 Å². The summed E-state index contributed by atoms with van der Waals surface area (Å²) in [7, 11) is -2.12. The van der Waals surface area contributed by atoms with Crippen molar-refractivity contribution in [2.45, 2.75) is 43.5 Å². The van der Waals surface area contributed by atoms with Crippen LogP contribution in [-0.4, -0.2) is 51.5 Å². The molecule has 0 saturated carbocycles. The van der Waals surface area contributed by atoms with Crippen molar-refractivity contribution in [1.82, 2.24) is 4.31 Å². The van der Waals surface area contributed by atoms with Gasteiger partial charge in [0.25, 0.3) is 0 Å². The number of aryl methyl sites for hydroxylation is 1. The molecule has 0 spiro atoms. The highest BCUT2D eigenvalue weighted by molar-refractivity contribution is 7.89. The van der Waals surface area contributed by atoms with Gasteiger partial charge in [-0.1, -0.05) is 18.9 Å². The summed E-state index contributed by atoms with van der Waals surface area (Å²) in [5.41, 5.74) is 6.77. The van der Waals surface area contributed by atoms with Gasteiger partial charge >= 0.3 is 0 Å². The maximum Gasteiger partial charge on any atom is 0.243 e. The predicted octanol–water partition coefficient (Wildman–Crippen LogP) is 1.89. The summed E-state index contributed by atoms with van der Waals surface area (Å²) in [5, 5.41) is 2.65. The number of amides is 1. The van der Waals surface area contributed by atoms with Crippen LogP contribution >= 0.6 is 12.4 Å². The summed E-state index contributed by atoms with van der Waals surface area (Å²) in [6.07, 6.45) is 3.86. The van der Waals surface area contributed by atoms with Gasteiger partial charge in [0, 0.05) is 25.9 Å². The Morgan fingerprint density at radius 3 is 2.46 bits per heavy atom. The van der Waals surface area contributed by atoms with Crippen LogP contribution in [0.5, 0.6) is 0 Å². The molecule has 1 aromatic carbocycles. The number of halogens is 1. The molecule has 26 heavy (non-hydrogen) atoms. The smallest absolute Gasteiger partial charge is 0.243 e. The average Bonchev–Trinajstić information content (AvgIpc) is 2.86. The van der Waals surface area contributed by atoms with Gasteiger partial charge in [-0.05, 0) is 37.5 Å². The summed E-state index contributed by atoms with van der Waals surface area (Å²) in [6, 6.07) is 4.07. The summed E-state index contributed by atoms with van der Waals surface area (Å²) < 4.78 is 32.4. The number of hydrogen-bond acceptors (Lipinski definition) is 5. The van der Waals surface area contributed by atoms with Crippen molar-refractivity contribution in [3.05, 3.63) is 23.8 Å². The van der Waals surface area contributed by atoms with Crippen molar-refractivity contribution in [3.63, 3.8) is 0 Å². The molecule has 1 saturated heterocycles. The van der Waals surface area contributed by atoms with E-state index in [0.29, 0.717) is 24.3 Å². The Labute approximate surface area is 161 Å². The van der Waals surface area contributed by atoms with Gasteiger partial charge in [0.15, 0.2) is 0 Å². The number of benzene rings is 1. The molecule has 1 aromatic rings. The molecule has 1 unspecified atom stereocenters. The minimum absolute atomic E-state index is 0. The molecule has 1 aliphatic rings. The molecule has 1 amide bonds. The van der Waals surface area contributed by atoms with Crippen LogP contribution in [0, 0.1) is 6.92 Å². The van der Waals surface area contributed by atoms with Crippen molar-refractivity contribution >= 4 is 34.0 Å². The third-order valence-corrected chi connectivity index (χ3v) is 6.36. The maximum atomic E-state index is 13.0. The Balaban J connectivity index is 0.00000338. The Morgan fingerprint density at radius 2 is 1.88 bits per heavy atom. The number of rotatable bonds is 6. The number of carbonyl (C=O) groups is 1. The molecule has 1 fully saturated rings. The highest BCUT2D eigenvalue weighted by Crippen LogP contribution is 2.25. The second-order valence-corrected chi connectivity index (χ2v) is 8.26. The van der Waals surface area contributed by atoms with Gasteiger partial charge in [-0.25, -0.2) is 8.42 Å². The third-order valence-electron chi connectivity index (χ3n) is 4.32. The van der Waals surface area contributed by atoms with Crippen molar-refractivity contribution in [2.24, 2.45) is 5.73 Å². The monoisotopic (exact) mass is 405 g/mol. The van der Waals surface area contributed by atoms with Crippen LogP contribution in [0.2, 0.25) is 0 Å². The Morgan fingerprint density at radius 1 is 1.27 bits per heavy atom. The third kappa shape index (κ3) is 5.65. The Bertz CT molecular complexity index is 704. The highest BCUT2D eigenvalue weighted by Gasteiger charge is 2.27. The lowest BCUT2D eigenvalue weighted by atomic mass is 10.2. The topological polar surface area (TPSA) is 102 Å². The normalized spacial score (nSPS) is 17.0. The van der Waals surface area contributed by atoms with E-state index in [0.717, 1.165) is 25.7 Å². The van der Waals surface area contributed by atoms with Gasteiger partial charge in [0.2, 0.25) is 15.9 Å². The molecule has 1 atom stereocenters. The number of ether oxygens (including phenoxy) is 1. The number of nitrogens with one attached hydrogen (secondary N) is 1. The van der Waals surface area contributed by atoms with Crippen LogP contribution in [0.1, 0.15) is 31.2 Å². The largest absolute Gasteiger partial charge is 0.383 e. The zero-order valence-electron chi connectivity index (χ0n) is 15.2. The molecule has 2 rings (SSSR count). The SMILES string of the molecule is COCC(N)C(=O)Nc1ccc(C)c(S(=O)(=O)N2CCCCCC2)c1.Cl. The van der Waals surface area contributed by atoms with E-state index < -0.39 is 22.0 Å². The number of sulfonamides is 1. The maximum absolute atomic E-state index is 13.0. The lowest BCUT2D eigenvalue weighted by Gasteiger charge is -2.21. The van der Waals surface area contributed by atoms with Gasteiger partial charge in [-0.3, -0.25) is 4.79 Å². The second kappa shape index (κ2) is 10.2. The summed E-state index contributed by atoms with van der Waals surface area (Å²) in [6.45, 7) is 2.93. The lowest BCUT2D eigenvalue weighted by molar-refractivity contribution is -0.118. The molecule has 1 heterocycles. The molecule has 3 N–H and O–H groups in total. The van der Waals surface area contributed by atoms with Crippen LogP contribution in [0.15, 0.2) is 23.1 Å². The first-order valence-corrected chi connectivity index (χ1v) is 9.96. The fourth-order valence-corrected chi connectivity index (χ4v) is 4.63.